The van der Waals surface area contributed by atoms with E-state index in [1.54, 1.807) is 0 Å². The van der Waals surface area contributed by atoms with E-state index in [-0.39, 0.29) is 0 Å². The lowest BCUT2D eigenvalue weighted by Gasteiger charge is -2.12. The fraction of sp³-hybridized carbons (Fsp3) is 0.100. The van der Waals surface area contributed by atoms with Crippen LogP contribution in [-0.2, 0) is 0 Å². The van der Waals surface area contributed by atoms with Crippen molar-refractivity contribution < 1.29 is 0 Å². The Labute approximate surface area is 128 Å². The lowest BCUT2D eigenvalue weighted by molar-refractivity contribution is 1.39. The standard InChI is InChI=1S/C20H16S/c1-13-7-8-16(14(2)11-13)20-17-6-4-3-5-15(17)12-19-18(20)9-10-21-19/h3-12H,1-2H3. The van der Waals surface area contributed by atoms with Crippen molar-refractivity contribution in [1.29, 1.82) is 0 Å². The molecule has 0 bridgehead atoms. The van der Waals surface area contributed by atoms with Crippen LogP contribution in [0.1, 0.15) is 11.1 Å². The second-order valence-corrected chi connectivity index (χ2v) is 6.57. The molecule has 21 heavy (non-hydrogen) atoms. The van der Waals surface area contributed by atoms with Gasteiger partial charge in [0, 0.05) is 10.1 Å². The highest BCUT2D eigenvalue weighted by atomic mass is 32.1. The van der Waals surface area contributed by atoms with E-state index in [0.29, 0.717) is 0 Å². The minimum atomic E-state index is 1.32. The summed E-state index contributed by atoms with van der Waals surface area (Å²) in [7, 11) is 0. The molecule has 0 aliphatic heterocycles. The molecular formula is C20H16S. The molecular weight excluding hydrogens is 272 g/mol. The zero-order valence-electron chi connectivity index (χ0n) is 12.2. The summed E-state index contributed by atoms with van der Waals surface area (Å²) in [6.07, 6.45) is 0. The van der Waals surface area contributed by atoms with Gasteiger partial charge in [-0.1, -0.05) is 48.0 Å². The maximum absolute atomic E-state index is 2.31. The summed E-state index contributed by atoms with van der Waals surface area (Å²) >= 11 is 1.82. The van der Waals surface area contributed by atoms with Gasteiger partial charge in [-0.05, 0) is 58.8 Å². The molecule has 0 saturated heterocycles. The molecule has 0 amide bonds. The van der Waals surface area contributed by atoms with Gasteiger partial charge in [0.2, 0.25) is 0 Å². The van der Waals surface area contributed by atoms with E-state index in [9.17, 15) is 0 Å². The first-order chi connectivity index (χ1) is 10.2. The molecule has 0 atom stereocenters. The Kier molecular flexibility index (Phi) is 2.83. The Hall–Kier alpha value is -2.12. The third kappa shape index (κ3) is 1.97. The lowest BCUT2D eigenvalue weighted by Crippen LogP contribution is -1.87. The number of hydrogen-bond donors (Lipinski definition) is 0. The van der Waals surface area contributed by atoms with Crippen LogP contribution in [0.2, 0.25) is 0 Å². The van der Waals surface area contributed by atoms with E-state index in [1.807, 2.05) is 11.3 Å². The van der Waals surface area contributed by atoms with E-state index in [2.05, 4.69) is 73.8 Å². The van der Waals surface area contributed by atoms with Gasteiger partial charge in [0.05, 0.1) is 0 Å². The SMILES string of the molecule is Cc1ccc(-c2c3ccccc3cc3sccc23)c(C)c1. The Morgan fingerprint density at radius 2 is 1.67 bits per heavy atom. The van der Waals surface area contributed by atoms with Crippen molar-refractivity contribution in [2.45, 2.75) is 13.8 Å². The highest BCUT2D eigenvalue weighted by Crippen LogP contribution is 2.39. The van der Waals surface area contributed by atoms with Gasteiger partial charge >= 0.3 is 0 Å². The molecule has 0 radical (unpaired) electrons. The maximum atomic E-state index is 2.31. The van der Waals surface area contributed by atoms with Crippen LogP contribution in [0.5, 0.6) is 0 Å². The summed E-state index contributed by atoms with van der Waals surface area (Å²) in [5.74, 6) is 0. The van der Waals surface area contributed by atoms with Gasteiger partial charge in [0.25, 0.3) is 0 Å². The van der Waals surface area contributed by atoms with Crippen LogP contribution in [0, 0.1) is 13.8 Å². The summed E-state index contributed by atoms with van der Waals surface area (Å²) in [6, 6.07) is 20.0. The monoisotopic (exact) mass is 288 g/mol. The minimum Gasteiger partial charge on any atom is -0.144 e. The fourth-order valence-electron chi connectivity index (χ4n) is 3.16. The highest BCUT2D eigenvalue weighted by Gasteiger charge is 2.12. The highest BCUT2D eigenvalue weighted by molar-refractivity contribution is 7.17. The largest absolute Gasteiger partial charge is 0.144 e. The van der Waals surface area contributed by atoms with Gasteiger partial charge in [0.1, 0.15) is 0 Å². The molecule has 1 heteroatoms. The van der Waals surface area contributed by atoms with Gasteiger partial charge in [-0.2, -0.15) is 0 Å². The van der Waals surface area contributed by atoms with E-state index in [0.717, 1.165) is 0 Å². The average molecular weight is 288 g/mol. The zero-order valence-corrected chi connectivity index (χ0v) is 13.0. The minimum absolute atomic E-state index is 1.32. The molecule has 102 valence electrons. The molecule has 3 aromatic carbocycles. The Balaban J connectivity index is 2.20. The van der Waals surface area contributed by atoms with Crippen LogP contribution < -0.4 is 0 Å². The molecule has 0 aliphatic rings. The predicted octanol–water partition coefficient (Wildman–Crippen LogP) is 6.34. The van der Waals surface area contributed by atoms with Crippen LogP contribution in [0.25, 0.3) is 32.0 Å². The molecule has 0 saturated carbocycles. The van der Waals surface area contributed by atoms with E-state index < -0.39 is 0 Å². The van der Waals surface area contributed by atoms with Crippen molar-refractivity contribution in [2.75, 3.05) is 0 Å². The molecule has 0 N–H and O–H groups in total. The summed E-state index contributed by atoms with van der Waals surface area (Å²) < 4.78 is 1.36. The number of hydrogen-bond acceptors (Lipinski definition) is 1. The second kappa shape index (κ2) is 4.71. The number of benzene rings is 3. The summed E-state index contributed by atoms with van der Waals surface area (Å²) in [5, 5.41) is 6.22. The van der Waals surface area contributed by atoms with Gasteiger partial charge < -0.3 is 0 Å². The van der Waals surface area contributed by atoms with Crippen LogP contribution >= 0.6 is 11.3 Å². The molecule has 0 spiro atoms. The molecule has 4 rings (SSSR count). The number of thiophene rings is 1. The van der Waals surface area contributed by atoms with Crippen LogP contribution in [0.15, 0.2) is 60.0 Å². The topological polar surface area (TPSA) is 0 Å². The van der Waals surface area contributed by atoms with Gasteiger partial charge in [0.15, 0.2) is 0 Å². The number of rotatable bonds is 1. The van der Waals surface area contributed by atoms with Crippen molar-refractivity contribution in [3.05, 3.63) is 71.1 Å². The van der Waals surface area contributed by atoms with Crippen molar-refractivity contribution in [3.63, 3.8) is 0 Å². The normalized spacial score (nSPS) is 11.3. The predicted molar refractivity (Wildman–Crippen MR) is 94.2 cm³/mol. The first kappa shape index (κ1) is 12.6. The first-order valence-electron chi connectivity index (χ1n) is 7.20. The van der Waals surface area contributed by atoms with Crippen LogP contribution in [0.4, 0.5) is 0 Å². The summed E-state index contributed by atoms with van der Waals surface area (Å²) in [6.45, 7) is 4.36. The van der Waals surface area contributed by atoms with Gasteiger partial charge in [-0.15, -0.1) is 11.3 Å². The molecule has 0 unspecified atom stereocenters. The van der Waals surface area contributed by atoms with Crippen LogP contribution in [0.3, 0.4) is 0 Å². The molecule has 1 aromatic heterocycles. The second-order valence-electron chi connectivity index (χ2n) is 5.62. The van der Waals surface area contributed by atoms with Crippen LogP contribution in [-0.4, -0.2) is 0 Å². The third-order valence-electron chi connectivity index (χ3n) is 4.13. The Morgan fingerprint density at radius 1 is 0.810 bits per heavy atom. The zero-order chi connectivity index (χ0) is 14.4. The maximum Gasteiger partial charge on any atom is 0.0355 e. The van der Waals surface area contributed by atoms with Gasteiger partial charge in [-0.3, -0.25) is 0 Å². The van der Waals surface area contributed by atoms with E-state index in [1.165, 1.54) is 43.1 Å². The summed E-state index contributed by atoms with van der Waals surface area (Å²) in [5.41, 5.74) is 5.39. The summed E-state index contributed by atoms with van der Waals surface area (Å²) in [4.78, 5) is 0. The van der Waals surface area contributed by atoms with Crippen molar-refractivity contribution in [1.82, 2.24) is 0 Å². The Morgan fingerprint density at radius 3 is 2.52 bits per heavy atom. The van der Waals surface area contributed by atoms with Crippen molar-refractivity contribution in [2.24, 2.45) is 0 Å². The molecule has 0 aliphatic carbocycles. The molecule has 0 nitrogen and oxygen atoms in total. The average Bonchev–Trinajstić information content (AvgIpc) is 2.93. The lowest BCUT2D eigenvalue weighted by atomic mass is 9.92. The van der Waals surface area contributed by atoms with Crippen molar-refractivity contribution >= 4 is 32.2 Å². The Bertz CT molecular complexity index is 960. The molecule has 4 aromatic rings. The van der Waals surface area contributed by atoms with E-state index in [4.69, 9.17) is 0 Å². The smallest absolute Gasteiger partial charge is 0.0355 e. The first-order valence-corrected chi connectivity index (χ1v) is 8.08. The number of aryl methyl sites for hydroxylation is 2. The third-order valence-corrected chi connectivity index (χ3v) is 5.00. The quantitative estimate of drug-likeness (QED) is 0.383. The molecule has 0 fully saturated rings. The fourth-order valence-corrected chi connectivity index (χ4v) is 4.00. The van der Waals surface area contributed by atoms with Gasteiger partial charge in [-0.25, -0.2) is 0 Å². The van der Waals surface area contributed by atoms with E-state index >= 15 is 0 Å². The molecule has 1 heterocycles. The number of fused-ring (bicyclic) bond motifs is 2. The van der Waals surface area contributed by atoms with Crippen molar-refractivity contribution in [3.8, 4) is 11.1 Å².